The first-order valence-electron chi connectivity index (χ1n) is 7.04. The molecule has 0 saturated carbocycles. The van der Waals surface area contributed by atoms with E-state index in [-0.39, 0.29) is 25.2 Å². The lowest BCUT2D eigenvalue weighted by molar-refractivity contribution is -0.145. The van der Waals surface area contributed by atoms with Crippen LogP contribution in [0.5, 0.6) is 0 Å². The van der Waals surface area contributed by atoms with Crippen LogP contribution in [-0.4, -0.2) is 16.7 Å². The van der Waals surface area contributed by atoms with Crippen LogP contribution in [0.15, 0.2) is 35.0 Å². The Labute approximate surface area is 155 Å². The molecular formula is C16H12ClNO3S3. The average Bonchev–Trinajstić information content (AvgIpc) is 3.30. The summed E-state index contributed by atoms with van der Waals surface area (Å²) in [5.41, 5.74) is 0.716. The van der Waals surface area contributed by atoms with E-state index in [0.717, 1.165) is 9.88 Å². The Morgan fingerprint density at radius 1 is 1.17 bits per heavy atom. The summed E-state index contributed by atoms with van der Waals surface area (Å²) in [6.07, 6.45) is 0.170. The smallest absolute Gasteiger partial charge is 0.306 e. The van der Waals surface area contributed by atoms with E-state index in [9.17, 15) is 9.59 Å². The van der Waals surface area contributed by atoms with E-state index in [2.05, 4.69) is 4.98 Å². The van der Waals surface area contributed by atoms with Crippen molar-refractivity contribution in [3.63, 3.8) is 0 Å². The fourth-order valence-corrected chi connectivity index (χ4v) is 4.55. The Morgan fingerprint density at radius 3 is 2.75 bits per heavy atom. The molecule has 0 fully saturated rings. The monoisotopic (exact) mass is 397 g/mol. The molecule has 3 aromatic rings. The molecule has 124 valence electrons. The largest absolute Gasteiger partial charge is 0.459 e. The fraction of sp³-hybridized carbons (Fsp3) is 0.188. The molecule has 0 aliphatic rings. The molecule has 0 aliphatic carbocycles. The van der Waals surface area contributed by atoms with E-state index in [1.165, 1.54) is 22.7 Å². The molecule has 0 unspecified atom stereocenters. The second-order valence-electron chi connectivity index (χ2n) is 4.81. The predicted molar refractivity (Wildman–Crippen MR) is 98.1 cm³/mol. The summed E-state index contributed by atoms with van der Waals surface area (Å²) in [4.78, 5) is 29.8. The van der Waals surface area contributed by atoms with Crippen molar-refractivity contribution in [1.82, 2.24) is 4.98 Å². The Morgan fingerprint density at radius 2 is 2.04 bits per heavy atom. The molecule has 0 N–H and O–H groups in total. The van der Waals surface area contributed by atoms with Gasteiger partial charge in [-0.2, -0.15) is 0 Å². The Kier molecular flexibility index (Phi) is 5.78. The number of halogens is 1. The first-order chi connectivity index (χ1) is 11.6. The molecular weight excluding hydrogens is 386 g/mol. The first kappa shape index (κ1) is 17.3. The summed E-state index contributed by atoms with van der Waals surface area (Å²) in [7, 11) is 0. The number of hydrogen-bond donors (Lipinski definition) is 0. The average molecular weight is 398 g/mol. The van der Waals surface area contributed by atoms with Crippen LogP contribution in [0.2, 0.25) is 4.34 Å². The van der Waals surface area contributed by atoms with Gasteiger partial charge in [-0.25, -0.2) is 4.98 Å². The van der Waals surface area contributed by atoms with Crippen LogP contribution >= 0.6 is 45.6 Å². The number of hydrogen-bond acceptors (Lipinski definition) is 7. The minimum absolute atomic E-state index is 0.0519. The standard InChI is InChI=1S/C16H12ClNO3S3/c17-14-5-4-12(24-14)11(19)3-6-15(20)21-8-10-9-23-16(18-10)13-2-1-7-22-13/h1-2,4-5,7,9H,3,6,8H2. The van der Waals surface area contributed by atoms with Crippen LogP contribution < -0.4 is 0 Å². The lowest BCUT2D eigenvalue weighted by Gasteiger charge is -2.02. The van der Waals surface area contributed by atoms with Crippen molar-refractivity contribution in [3.8, 4) is 9.88 Å². The summed E-state index contributed by atoms with van der Waals surface area (Å²) < 4.78 is 5.75. The molecule has 0 aliphatic heterocycles. The lowest BCUT2D eigenvalue weighted by atomic mass is 10.2. The number of carbonyl (C=O) groups excluding carboxylic acids is 2. The minimum Gasteiger partial charge on any atom is -0.459 e. The van der Waals surface area contributed by atoms with Crippen LogP contribution in [0, 0.1) is 0 Å². The maximum Gasteiger partial charge on any atom is 0.306 e. The van der Waals surface area contributed by atoms with Gasteiger partial charge in [-0.15, -0.1) is 34.0 Å². The second kappa shape index (κ2) is 8.02. The Hall–Kier alpha value is -1.54. The van der Waals surface area contributed by atoms with Gasteiger partial charge in [0.05, 0.1) is 26.2 Å². The molecule has 3 rings (SSSR count). The number of ketones is 1. The zero-order chi connectivity index (χ0) is 16.9. The molecule has 0 radical (unpaired) electrons. The highest BCUT2D eigenvalue weighted by molar-refractivity contribution is 7.20. The van der Waals surface area contributed by atoms with Gasteiger partial charge >= 0.3 is 5.97 Å². The van der Waals surface area contributed by atoms with Gasteiger partial charge in [0, 0.05) is 11.8 Å². The summed E-state index contributed by atoms with van der Waals surface area (Å²) in [6, 6.07) is 7.31. The maximum absolute atomic E-state index is 11.9. The number of esters is 1. The molecule has 0 spiro atoms. The highest BCUT2D eigenvalue weighted by atomic mass is 35.5. The van der Waals surface area contributed by atoms with Gasteiger partial charge in [-0.05, 0) is 23.6 Å². The molecule has 0 amide bonds. The number of nitrogens with zero attached hydrogens (tertiary/aromatic N) is 1. The highest BCUT2D eigenvalue weighted by Crippen LogP contribution is 2.28. The number of thiazole rings is 1. The first-order valence-corrected chi connectivity index (χ1v) is 9.99. The Bertz CT molecular complexity index is 839. The van der Waals surface area contributed by atoms with Crippen LogP contribution in [0.3, 0.4) is 0 Å². The molecule has 0 aromatic carbocycles. The number of ether oxygens (including phenoxy) is 1. The number of Topliss-reactive ketones (excluding diaryl/α,β-unsaturated/α-hetero) is 1. The third kappa shape index (κ3) is 4.51. The number of thiophene rings is 2. The van der Waals surface area contributed by atoms with Crippen molar-refractivity contribution >= 4 is 57.4 Å². The van der Waals surface area contributed by atoms with Crippen molar-refractivity contribution in [2.75, 3.05) is 0 Å². The summed E-state index contributed by atoms with van der Waals surface area (Å²) in [6.45, 7) is 0.125. The van der Waals surface area contributed by atoms with Crippen LogP contribution in [0.25, 0.3) is 9.88 Å². The minimum atomic E-state index is -0.406. The van der Waals surface area contributed by atoms with E-state index < -0.39 is 5.97 Å². The van der Waals surface area contributed by atoms with Crippen LogP contribution in [0.1, 0.15) is 28.2 Å². The zero-order valence-electron chi connectivity index (χ0n) is 12.4. The second-order valence-corrected chi connectivity index (χ2v) is 8.33. The molecule has 0 saturated heterocycles. The third-order valence-corrected chi connectivity index (χ3v) is 6.27. The molecule has 3 heterocycles. The van der Waals surface area contributed by atoms with Gasteiger partial charge < -0.3 is 4.74 Å². The molecule has 4 nitrogen and oxygen atoms in total. The number of rotatable bonds is 7. The quantitative estimate of drug-likeness (QED) is 0.401. The van der Waals surface area contributed by atoms with Crippen LogP contribution in [-0.2, 0) is 16.1 Å². The Balaban J connectivity index is 1.45. The molecule has 0 atom stereocenters. The van der Waals surface area contributed by atoms with Gasteiger partial charge in [-0.3, -0.25) is 9.59 Å². The van der Waals surface area contributed by atoms with E-state index in [1.54, 1.807) is 23.5 Å². The van der Waals surface area contributed by atoms with Crippen molar-refractivity contribution in [3.05, 3.63) is 49.9 Å². The maximum atomic E-state index is 11.9. The van der Waals surface area contributed by atoms with Gasteiger partial charge in [-0.1, -0.05) is 17.7 Å². The highest BCUT2D eigenvalue weighted by Gasteiger charge is 2.13. The normalized spacial score (nSPS) is 10.7. The SMILES string of the molecule is O=C(CCC(=O)c1ccc(Cl)s1)OCc1csc(-c2cccs2)n1. The van der Waals surface area contributed by atoms with E-state index in [4.69, 9.17) is 16.3 Å². The summed E-state index contributed by atoms with van der Waals surface area (Å²) in [5, 5.41) is 4.79. The molecule has 3 aromatic heterocycles. The zero-order valence-corrected chi connectivity index (χ0v) is 15.6. The van der Waals surface area contributed by atoms with Crippen molar-refractivity contribution in [2.24, 2.45) is 0 Å². The number of carbonyl (C=O) groups is 2. The molecule has 8 heteroatoms. The lowest BCUT2D eigenvalue weighted by Crippen LogP contribution is -2.07. The summed E-state index contributed by atoms with van der Waals surface area (Å²) >= 11 is 10.1. The van der Waals surface area contributed by atoms with E-state index >= 15 is 0 Å². The topological polar surface area (TPSA) is 56.3 Å². The summed E-state index contributed by atoms with van der Waals surface area (Å²) in [5.74, 6) is -0.505. The van der Waals surface area contributed by atoms with E-state index in [1.807, 2.05) is 22.9 Å². The van der Waals surface area contributed by atoms with Crippen LogP contribution in [0.4, 0.5) is 0 Å². The predicted octanol–water partition coefficient (Wildman–Crippen LogP) is 5.29. The van der Waals surface area contributed by atoms with E-state index in [0.29, 0.717) is 14.9 Å². The van der Waals surface area contributed by atoms with Crippen molar-refractivity contribution < 1.29 is 14.3 Å². The van der Waals surface area contributed by atoms with Gasteiger partial charge in [0.25, 0.3) is 0 Å². The van der Waals surface area contributed by atoms with Gasteiger partial charge in [0.15, 0.2) is 5.78 Å². The molecule has 0 bridgehead atoms. The molecule has 24 heavy (non-hydrogen) atoms. The van der Waals surface area contributed by atoms with Gasteiger partial charge in [0.1, 0.15) is 11.6 Å². The van der Waals surface area contributed by atoms with Crippen molar-refractivity contribution in [2.45, 2.75) is 19.4 Å². The number of aromatic nitrogens is 1. The fourth-order valence-electron chi connectivity index (χ4n) is 1.92. The van der Waals surface area contributed by atoms with Crippen molar-refractivity contribution in [1.29, 1.82) is 0 Å². The third-order valence-electron chi connectivity index (χ3n) is 3.07. The van der Waals surface area contributed by atoms with Gasteiger partial charge in [0.2, 0.25) is 0 Å².